The van der Waals surface area contributed by atoms with Gasteiger partial charge in [0.2, 0.25) is 0 Å². The Hall–Kier alpha value is -0.900. The Morgan fingerprint density at radius 3 is 2.53 bits per heavy atom. The van der Waals surface area contributed by atoms with Gasteiger partial charge in [-0.15, -0.1) is 0 Å². The van der Waals surface area contributed by atoms with Crippen molar-refractivity contribution in [1.29, 1.82) is 0 Å². The van der Waals surface area contributed by atoms with Crippen molar-refractivity contribution in [1.82, 2.24) is 0 Å². The summed E-state index contributed by atoms with van der Waals surface area (Å²) in [5.41, 5.74) is 0.613. The molecule has 2 heterocycles. The van der Waals surface area contributed by atoms with Crippen LogP contribution < -0.4 is 0 Å². The number of hydrogen-bond acceptors (Lipinski definition) is 3. The molecule has 0 aliphatic carbocycles. The summed E-state index contributed by atoms with van der Waals surface area (Å²) in [6.45, 7) is 1.24. The summed E-state index contributed by atoms with van der Waals surface area (Å²) in [5, 5.41) is 10.6. The Morgan fingerprint density at radius 2 is 1.84 bits per heavy atom. The summed E-state index contributed by atoms with van der Waals surface area (Å²) in [6, 6.07) is 10.2. The first-order valence-electron chi connectivity index (χ1n) is 7.23. The van der Waals surface area contributed by atoms with Crippen LogP contribution in [0, 0.1) is 0 Å². The average molecular weight is 262 g/mol. The van der Waals surface area contributed by atoms with Crippen LogP contribution in [0.2, 0.25) is 0 Å². The lowest BCUT2D eigenvalue weighted by atomic mass is 9.87. The zero-order valence-corrected chi connectivity index (χ0v) is 11.3. The summed E-state index contributed by atoms with van der Waals surface area (Å²) in [5.74, 6) is 0. The van der Waals surface area contributed by atoms with Crippen LogP contribution in [-0.4, -0.2) is 29.5 Å². The summed E-state index contributed by atoms with van der Waals surface area (Å²) in [4.78, 5) is 0. The number of hydrogen-bond donors (Lipinski definition) is 1. The van der Waals surface area contributed by atoms with Gasteiger partial charge in [0.05, 0.1) is 24.4 Å². The molecule has 3 heteroatoms. The minimum Gasteiger partial charge on any atom is -0.390 e. The molecule has 2 unspecified atom stereocenters. The van der Waals surface area contributed by atoms with E-state index < -0.39 is 5.60 Å². The number of aliphatic hydroxyl groups is 1. The van der Waals surface area contributed by atoms with E-state index in [-0.39, 0.29) is 12.2 Å². The van der Waals surface area contributed by atoms with Crippen LogP contribution in [0.25, 0.3) is 0 Å². The lowest BCUT2D eigenvalue weighted by Crippen LogP contribution is -2.41. The van der Waals surface area contributed by atoms with Gasteiger partial charge in [-0.05, 0) is 24.8 Å². The predicted molar refractivity (Wildman–Crippen MR) is 72.8 cm³/mol. The molecule has 2 aliphatic heterocycles. The van der Waals surface area contributed by atoms with Gasteiger partial charge in [-0.2, -0.15) is 0 Å². The Balaban J connectivity index is 1.42. The minimum absolute atomic E-state index is 0.276. The lowest BCUT2D eigenvalue weighted by molar-refractivity contribution is -0.121. The van der Waals surface area contributed by atoms with Crippen LogP contribution in [0.4, 0.5) is 0 Å². The molecule has 0 saturated carbocycles. The molecule has 2 saturated heterocycles. The van der Waals surface area contributed by atoms with Crippen LogP contribution in [0.5, 0.6) is 0 Å². The molecule has 3 rings (SSSR count). The largest absolute Gasteiger partial charge is 0.390 e. The van der Waals surface area contributed by atoms with Gasteiger partial charge in [0.25, 0.3) is 0 Å². The Morgan fingerprint density at radius 1 is 1.16 bits per heavy atom. The number of benzene rings is 1. The van der Waals surface area contributed by atoms with E-state index in [9.17, 15) is 5.11 Å². The first-order valence-corrected chi connectivity index (χ1v) is 7.23. The van der Waals surface area contributed by atoms with E-state index in [0.29, 0.717) is 13.2 Å². The van der Waals surface area contributed by atoms with Crippen molar-refractivity contribution in [2.24, 2.45) is 0 Å². The maximum Gasteiger partial charge on any atom is 0.0719 e. The maximum absolute atomic E-state index is 10.6. The average Bonchev–Trinajstić information content (AvgIpc) is 2.76. The molecule has 104 valence electrons. The standard InChI is InChI=1S/C16H22O3/c17-16(10-14-6-7-15(11-16)19-14)8-9-18-12-13-4-2-1-3-5-13/h1-5,14-15,17H,6-12H2. The molecule has 0 amide bonds. The second-order valence-electron chi connectivity index (χ2n) is 5.88. The Labute approximate surface area is 114 Å². The molecule has 19 heavy (non-hydrogen) atoms. The van der Waals surface area contributed by atoms with Crippen LogP contribution >= 0.6 is 0 Å². The molecular formula is C16H22O3. The van der Waals surface area contributed by atoms with Crippen molar-refractivity contribution < 1.29 is 14.6 Å². The van der Waals surface area contributed by atoms with E-state index in [1.807, 2.05) is 18.2 Å². The van der Waals surface area contributed by atoms with Gasteiger partial charge in [0.15, 0.2) is 0 Å². The van der Waals surface area contributed by atoms with Crippen molar-refractivity contribution in [2.45, 2.75) is 56.5 Å². The maximum atomic E-state index is 10.6. The monoisotopic (exact) mass is 262 g/mol. The molecule has 3 nitrogen and oxygen atoms in total. The van der Waals surface area contributed by atoms with Gasteiger partial charge >= 0.3 is 0 Å². The fraction of sp³-hybridized carbons (Fsp3) is 0.625. The van der Waals surface area contributed by atoms with Crippen LogP contribution in [0.15, 0.2) is 30.3 Å². The van der Waals surface area contributed by atoms with Crippen molar-refractivity contribution in [3.05, 3.63) is 35.9 Å². The van der Waals surface area contributed by atoms with Gasteiger partial charge in [0.1, 0.15) is 0 Å². The Bertz CT molecular complexity index is 392. The molecule has 2 aliphatic rings. The molecule has 0 spiro atoms. The molecule has 2 bridgehead atoms. The predicted octanol–water partition coefficient (Wildman–Crippen LogP) is 2.67. The molecule has 1 aromatic carbocycles. The highest BCUT2D eigenvalue weighted by Crippen LogP contribution is 2.39. The third-order valence-corrected chi connectivity index (χ3v) is 4.23. The molecular weight excluding hydrogens is 240 g/mol. The van der Waals surface area contributed by atoms with E-state index in [0.717, 1.165) is 32.1 Å². The highest BCUT2D eigenvalue weighted by Gasteiger charge is 2.43. The number of rotatable bonds is 5. The smallest absolute Gasteiger partial charge is 0.0719 e. The Kier molecular flexibility index (Phi) is 3.87. The molecule has 0 radical (unpaired) electrons. The summed E-state index contributed by atoms with van der Waals surface area (Å²) < 4.78 is 11.4. The quantitative estimate of drug-likeness (QED) is 0.829. The van der Waals surface area contributed by atoms with Crippen molar-refractivity contribution in [2.75, 3.05) is 6.61 Å². The second-order valence-corrected chi connectivity index (χ2v) is 5.88. The first-order chi connectivity index (χ1) is 9.23. The molecule has 2 fully saturated rings. The topological polar surface area (TPSA) is 38.7 Å². The van der Waals surface area contributed by atoms with E-state index in [1.54, 1.807) is 0 Å². The third-order valence-electron chi connectivity index (χ3n) is 4.23. The summed E-state index contributed by atoms with van der Waals surface area (Å²) >= 11 is 0. The molecule has 1 N–H and O–H groups in total. The van der Waals surface area contributed by atoms with E-state index in [4.69, 9.17) is 9.47 Å². The van der Waals surface area contributed by atoms with Gasteiger partial charge in [-0.1, -0.05) is 30.3 Å². The zero-order valence-electron chi connectivity index (χ0n) is 11.3. The molecule has 2 atom stereocenters. The molecule has 0 aromatic heterocycles. The summed E-state index contributed by atoms with van der Waals surface area (Å²) in [6.07, 6.45) is 5.04. The van der Waals surface area contributed by atoms with Gasteiger partial charge in [-0.25, -0.2) is 0 Å². The number of ether oxygens (including phenoxy) is 2. The SMILES string of the molecule is OC1(CCOCc2ccccc2)CC2CCC(C1)O2. The van der Waals surface area contributed by atoms with Crippen molar-refractivity contribution in [3.63, 3.8) is 0 Å². The van der Waals surface area contributed by atoms with Gasteiger partial charge < -0.3 is 14.6 Å². The van der Waals surface area contributed by atoms with Crippen LogP contribution in [0.3, 0.4) is 0 Å². The van der Waals surface area contributed by atoms with Gasteiger partial charge in [-0.3, -0.25) is 0 Å². The fourth-order valence-electron chi connectivity index (χ4n) is 3.24. The highest BCUT2D eigenvalue weighted by atomic mass is 16.5. The normalized spacial score (nSPS) is 33.5. The van der Waals surface area contributed by atoms with Crippen LogP contribution in [0.1, 0.15) is 37.7 Å². The fourth-order valence-corrected chi connectivity index (χ4v) is 3.24. The van der Waals surface area contributed by atoms with Gasteiger partial charge in [0, 0.05) is 19.4 Å². The van der Waals surface area contributed by atoms with Crippen LogP contribution in [-0.2, 0) is 16.1 Å². The van der Waals surface area contributed by atoms with E-state index in [2.05, 4.69) is 12.1 Å². The zero-order chi connectivity index (χ0) is 13.1. The van der Waals surface area contributed by atoms with E-state index >= 15 is 0 Å². The second kappa shape index (κ2) is 5.61. The third kappa shape index (κ3) is 3.35. The molecule has 1 aromatic rings. The lowest BCUT2D eigenvalue weighted by Gasteiger charge is -2.36. The van der Waals surface area contributed by atoms with Crippen molar-refractivity contribution >= 4 is 0 Å². The minimum atomic E-state index is -0.569. The van der Waals surface area contributed by atoms with E-state index in [1.165, 1.54) is 5.56 Å². The van der Waals surface area contributed by atoms with Crippen molar-refractivity contribution in [3.8, 4) is 0 Å². The highest BCUT2D eigenvalue weighted by molar-refractivity contribution is 5.13. The first kappa shape index (κ1) is 13.1. The number of fused-ring (bicyclic) bond motifs is 2. The summed E-state index contributed by atoms with van der Waals surface area (Å²) in [7, 11) is 0.